The minimum absolute atomic E-state index is 0.236. The normalized spacial score (nSPS) is 5.38. The number of rotatable bonds is 1. The molecule has 8 heavy (non-hydrogen) atoms. The third-order valence-corrected chi connectivity index (χ3v) is 0.125. The van der Waals surface area contributed by atoms with Gasteiger partial charge in [0.25, 0.3) is 0 Å². The summed E-state index contributed by atoms with van der Waals surface area (Å²) in [6.07, 6.45) is 0. The van der Waals surface area contributed by atoms with Crippen molar-refractivity contribution >= 4 is 9.42 Å². The molecule has 0 spiro atoms. The molecule has 0 rings (SSSR count). The Labute approximate surface area is 65.8 Å². The summed E-state index contributed by atoms with van der Waals surface area (Å²) in [5.74, 6) is 0. The summed E-state index contributed by atoms with van der Waals surface area (Å²) in [6, 6.07) is 0. The Balaban J connectivity index is -0.0000000542. The van der Waals surface area contributed by atoms with Crippen LogP contribution >= 0.6 is 9.42 Å². The third kappa shape index (κ3) is 68.2. The maximum atomic E-state index is 6.26. The average molecular weight is 319 g/mol. The van der Waals surface area contributed by atoms with Crippen molar-refractivity contribution < 1.29 is 18.8 Å². The Hall–Kier alpha value is 0.858. The van der Waals surface area contributed by atoms with E-state index in [9.17, 15) is 0 Å². The molecule has 0 atom stereocenters. The summed E-state index contributed by atoms with van der Waals surface area (Å²) in [4.78, 5) is 0. The molecular formula is C3H10ClN3Pt-3. The van der Waals surface area contributed by atoms with Crippen LogP contribution in [0.5, 0.6) is 0 Å². The van der Waals surface area contributed by atoms with Gasteiger partial charge in [-0.15, -0.1) is 0 Å². The van der Waals surface area contributed by atoms with E-state index in [-0.39, 0.29) is 13.1 Å². The van der Waals surface area contributed by atoms with Gasteiger partial charge in [-0.2, -0.15) is 20.1 Å². The first kappa shape index (κ1) is 15.9. The summed E-state index contributed by atoms with van der Waals surface area (Å²) >= 11 is 1.61. The second-order valence-corrected chi connectivity index (χ2v) is 0.500. The van der Waals surface area contributed by atoms with Gasteiger partial charge in [-0.1, -0.05) is 0 Å². The second kappa shape index (κ2) is 45.2. The first-order valence-electron chi connectivity index (χ1n) is 1.83. The van der Waals surface area contributed by atoms with Crippen molar-refractivity contribution in [1.82, 2.24) is 0 Å². The predicted octanol–water partition coefficient (Wildman–Crippen LogP) is 2.45. The monoisotopic (exact) mass is 318 g/mol. The standard InChI is InChI=1S/C2H6N2.CH4N.ClH.Pt/c3-1-2-4;1-2;;/h3-4H,1-2H2;2H,1H3;1H;/q-2;-1;;+1/p-1. The molecule has 57 valence electrons. The van der Waals surface area contributed by atoms with Crippen LogP contribution in [-0.2, 0) is 18.8 Å². The molecule has 0 fully saturated rings. The molecule has 0 aliphatic carbocycles. The van der Waals surface area contributed by atoms with Crippen molar-refractivity contribution in [3.8, 4) is 0 Å². The number of hydrogen-bond acceptors (Lipinski definition) is 0. The van der Waals surface area contributed by atoms with Crippen molar-refractivity contribution in [2.75, 3.05) is 20.1 Å². The van der Waals surface area contributed by atoms with Crippen LogP contribution in [0.25, 0.3) is 17.2 Å². The molecule has 0 aromatic heterocycles. The van der Waals surface area contributed by atoms with Gasteiger partial charge in [0, 0.05) is 0 Å². The van der Waals surface area contributed by atoms with Gasteiger partial charge < -0.3 is 17.2 Å². The van der Waals surface area contributed by atoms with Gasteiger partial charge in [-0.05, 0) is 0 Å². The van der Waals surface area contributed by atoms with Crippen LogP contribution in [0, 0.1) is 0 Å². The molecule has 0 saturated heterocycles. The van der Waals surface area contributed by atoms with Gasteiger partial charge in [0.15, 0.2) is 0 Å². The van der Waals surface area contributed by atoms with E-state index in [2.05, 4.69) is 9.42 Å². The van der Waals surface area contributed by atoms with E-state index in [1.54, 1.807) is 18.8 Å². The average Bonchev–Trinajstić information content (AvgIpc) is 1.96. The van der Waals surface area contributed by atoms with Crippen LogP contribution in [0.3, 0.4) is 0 Å². The van der Waals surface area contributed by atoms with Crippen LogP contribution in [-0.4, -0.2) is 20.1 Å². The van der Waals surface area contributed by atoms with Crippen molar-refractivity contribution in [2.24, 2.45) is 0 Å². The molecule has 0 amide bonds. The molecule has 0 unspecified atom stereocenters. The van der Waals surface area contributed by atoms with Gasteiger partial charge >= 0.3 is 28.2 Å². The first-order chi connectivity index (χ1) is 3.91. The van der Waals surface area contributed by atoms with Crippen molar-refractivity contribution in [3.63, 3.8) is 0 Å². The zero-order valence-electron chi connectivity index (χ0n) is 4.61. The third-order valence-electron chi connectivity index (χ3n) is 0.125. The van der Waals surface area contributed by atoms with Crippen molar-refractivity contribution in [1.29, 1.82) is 0 Å². The molecule has 0 heterocycles. The minimum Gasteiger partial charge on any atom is -0.679 e. The van der Waals surface area contributed by atoms with E-state index in [0.29, 0.717) is 0 Å². The van der Waals surface area contributed by atoms with E-state index < -0.39 is 0 Å². The van der Waals surface area contributed by atoms with Gasteiger partial charge in [-0.3, -0.25) is 0 Å². The molecule has 5 heteroatoms. The molecule has 0 aliphatic heterocycles. The molecule has 3 N–H and O–H groups in total. The van der Waals surface area contributed by atoms with Crippen LogP contribution in [0.2, 0.25) is 0 Å². The Morgan fingerprint density at radius 3 is 1.25 bits per heavy atom. The SMILES string of the molecule is C[NH-].[Cl][Pt].[NH-]CC[NH-]. The van der Waals surface area contributed by atoms with Crippen LogP contribution in [0.15, 0.2) is 0 Å². The first-order valence-corrected chi connectivity index (χ1v) is 4.64. The van der Waals surface area contributed by atoms with Gasteiger partial charge in [-0.25, -0.2) is 0 Å². The number of hydrogen-bond donors (Lipinski definition) is 0. The maximum Gasteiger partial charge on any atom is -0.171 e. The maximum absolute atomic E-state index is 6.26. The topological polar surface area (TPSA) is 71.4 Å². The predicted molar refractivity (Wildman–Crippen MR) is 34.5 cm³/mol. The molecular weight excluding hydrogens is 309 g/mol. The fraction of sp³-hybridized carbons (Fsp3) is 1.00. The summed E-state index contributed by atoms with van der Waals surface area (Å²) in [5.41, 5.74) is 18.3. The van der Waals surface area contributed by atoms with Crippen molar-refractivity contribution in [2.45, 2.75) is 0 Å². The van der Waals surface area contributed by atoms with Crippen LogP contribution in [0.4, 0.5) is 0 Å². The van der Waals surface area contributed by atoms with E-state index in [1.807, 2.05) is 0 Å². The Bertz CT molecular complexity index is 16.5. The number of nitrogens with one attached hydrogen (secondary N) is 3. The summed E-state index contributed by atoms with van der Waals surface area (Å²) in [6.45, 7) is 0.472. The Kier molecular flexibility index (Phi) is 90.1. The largest absolute Gasteiger partial charge is 0.679 e. The Morgan fingerprint density at radius 1 is 1.12 bits per heavy atom. The number of halogens is 1. The van der Waals surface area contributed by atoms with Gasteiger partial charge in [0.05, 0.1) is 0 Å². The van der Waals surface area contributed by atoms with E-state index in [1.165, 1.54) is 7.05 Å². The molecule has 0 saturated carbocycles. The molecule has 0 radical (unpaired) electrons. The van der Waals surface area contributed by atoms with Crippen LogP contribution in [0.1, 0.15) is 0 Å². The van der Waals surface area contributed by atoms with Crippen LogP contribution < -0.4 is 0 Å². The smallest absolute Gasteiger partial charge is 0.171 e. The fourth-order valence-electron chi connectivity index (χ4n) is 0. The van der Waals surface area contributed by atoms with E-state index >= 15 is 0 Å². The minimum atomic E-state index is 0.236. The molecule has 3 nitrogen and oxygen atoms in total. The zero-order chi connectivity index (χ0) is 7.41. The quantitative estimate of drug-likeness (QED) is 0.712. The molecule has 0 bridgehead atoms. The van der Waals surface area contributed by atoms with E-state index in [0.717, 1.165) is 0 Å². The fourth-order valence-corrected chi connectivity index (χ4v) is 0. The summed E-state index contributed by atoms with van der Waals surface area (Å²) < 4.78 is 0. The van der Waals surface area contributed by atoms with Gasteiger partial charge in [0.1, 0.15) is 0 Å². The second-order valence-electron chi connectivity index (χ2n) is 0.500. The zero-order valence-corrected chi connectivity index (χ0v) is 7.64. The van der Waals surface area contributed by atoms with E-state index in [4.69, 9.17) is 17.2 Å². The molecule has 0 aromatic carbocycles. The Morgan fingerprint density at radius 2 is 1.25 bits per heavy atom. The molecule has 0 aliphatic rings. The van der Waals surface area contributed by atoms with Crippen molar-refractivity contribution in [3.05, 3.63) is 17.2 Å². The summed E-state index contributed by atoms with van der Waals surface area (Å²) in [7, 11) is 5.86. The molecule has 0 aromatic rings. The van der Waals surface area contributed by atoms with Gasteiger partial charge in [0.2, 0.25) is 0 Å². The summed E-state index contributed by atoms with van der Waals surface area (Å²) in [5, 5.41) is 0.